The molecule has 1 N–H and O–H groups in total. The van der Waals surface area contributed by atoms with Crippen LogP contribution < -0.4 is 5.32 Å². The molecule has 152 valence electrons. The van der Waals surface area contributed by atoms with Crippen molar-refractivity contribution in [3.63, 3.8) is 0 Å². The molecule has 1 saturated heterocycles. The topological polar surface area (TPSA) is 61.9 Å². The van der Waals surface area contributed by atoms with Crippen molar-refractivity contribution in [2.75, 3.05) is 39.8 Å². The van der Waals surface area contributed by atoms with Crippen LogP contribution in [0.15, 0.2) is 0 Å². The van der Waals surface area contributed by atoms with E-state index in [1.54, 1.807) is 25.7 Å². The first-order valence-corrected chi connectivity index (χ1v) is 8.88. The van der Waals surface area contributed by atoms with Crippen LogP contribution in [0, 0.1) is 5.92 Å². The van der Waals surface area contributed by atoms with Gasteiger partial charge in [0.05, 0.1) is 6.54 Å². The minimum absolute atomic E-state index is 0.104. The molecule has 6 nitrogen and oxygen atoms in total. The first-order valence-electron chi connectivity index (χ1n) is 8.88. The summed E-state index contributed by atoms with van der Waals surface area (Å²) in [6.07, 6.45) is -3.02. The quantitative estimate of drug-likeness (QED) is 0.719. The fraction of sp³-hybridized carbons (Fsp3) is 0.882. The van der Waals surface area contributed by atoms with Gasteiger partial charge in [-0.3, -0.25) is 9.69 Å². The predicted octanol–water partition coefficient (Wildman–Crippen LogP) is 2.63. The maximum absolute atomic E-state index is 12.2. The molecule has 2 amide bonds. The van der Waals surface area contributed by atoms with Gasteiger partial charge in [-0.2, -0.15) is 13.2 Å². The standard InChI is InChI=1S/C17H30F3N3O3/c1-16(2,3)26-15(25)23-10-6-13(7-11-23)14(24)21-8-5-9-22(4)12-17(18,19)20/h13H,5-12H2,1-4H3,(H,21,24). The molecule has 0 bridgehead atoms. The van der Waals surface area contributed by atoms with Crippen molar-refractivity contribution >= 4 is 12.0 Å². The van der Waals surface area contributed by atoms with Crippen LogP contribution in [-0.2, 0) is 9.53 Å². The highest BCUT2D eigenvalue weighted by Gasteiger charge is 2.30. The van der Waals surface area contributed by atoms with E-state index in [-0.39, 0.29) is 24.5 Å². The second-order valence-electron chi connectivity index (χ2n) is 7.74. The Labute approximate surface area is 153 Å². The predicted molar refractivity (Wildman–Crippen MR) is 91.7 cm³/mol. The van der Waals surface area contributed by atoms with E-state index in [4.69, 9.17) is 4.74 Å². The number of alkyl halides is 3. The molecule has 0 aliphatic carbocycles. The van der Waals surface area contributed by atoms with Gasteiger partial charge in [0.1, 0.15) is 5.60 Å². The number of hydrogen-bond acceptors (Lipinski definition) is 4. The van der Waals surface area contributed by atoms with Crippen LogP contribution in [0.5, 0.6) is 0 Å². The summed E-state index contributed by atoms with van der Waals surface area (Å²) in [4.78, 5) is 26.9. The summed E-state index contributed by atoms with van der Waals surface area (Å²) in [6, 6.07) is 0. The van der Waals surface area contributed by atoms with E-state index in [0.717, 1.165) is 0 Å². The van der Waals surface area contributed by atoms with Crippen LogP contribution in [0.3, 0.4) is 0 Å². The average Bonchev–Trinajstić information content (AvgIpc) is 2.48. The largest absolute Gasteiger partial charge is 0.444 e. The van der Waals surface area contributed by atoms with Crippen molar-refractivity contribution in [1.82, 2.24) is 15.1 Å². The zero-order valence-electron chi connectivity index (χ0n) is 16.0. The normalized spacial score (nSPS) is 16.7. The fourth-order valence-corrected chi connectivity index (χ4v) is 2.74. The van der Waals surface area contributed by atoms with Crippen LogP contribution in [-0.4, -0.2) is 73.3 Å². The third kappa shape index (κ3) is 9.26. The number of likely N-dealkylation sites (tertiary alicyclic amines) is 1. The van der Waals surface area contributed by atoms with E-state index in [1.807, 2.05) is 0 Å². The summed E-state index contributed by atoms with van der Waals surface area (Å²) in [6.45, 7) is 5.97. The molecule has 0 aromatic rings. The Morgan fingerprint density at radius 1 is 1.19 bits per heavy atom. The maximum atomic E-state index is 12.2. The zero-order chi connectivity index (χ0) is 20.0. The molecule has 1 fully saturated rings. The summed E-state index contributed by atoms with van der Waals surface area (Å²) >= 11 is 0. The van der Waals surface area contributed by atoms with E-state index >= 15 is 0 Å². The Balaban J connectivity index is 2.23. The van der Waals surface area contributed by atoms with Crippen molar-refractivity contribution < 1.29 is 27.5 Å². The van der Waals surface area contributed by atoms with E-state index < -0.39 is 18.3 Å². The van der Waals surface area contributed by atoms with Crippen LogP contribution in [0.1, 0.15) is 40.0 Å². The molecule has 0 saturated carbocycles. The Kier molecular flexibility index (Phi) is 8.17. The van der Waals surface area contributed by atoms with Crippen molar-refractivity contribution in [3.8, 4) is 0 Å². The number of ether oxygens (including phenoxy) is 1. The van der Waals surface area contributed by atoms with E-state index in [0.29, 0.717) is 38.9 Å². The lowest BCUT2D eigenvalue weighted by molar-refractivity contribution is -0.143. The Morgan fingerprint density at radius 3 is 2.27 bits per heavy atom. The molecule has 0 aromatic carbocycles. The minimum Gasteiger partial charge on any atom is -0.444 e. The molecule has 1 rings (SSSR count). The van der Waals surface area contributed by atoms with Gasteiger partial charge in [0.15, 0.2) is 0 Å². The Bertz CT molecular complexity index is 470. The number of amides is 2. The summed E-state index contributed by atoms with van der Waals surface area (Å²) in [7, 11) is 1.40. The fourth-order valence-electron chi connectivity index (χ4n) is 2.74. The number of halogens is 3. The Hall–Kier alpha value is -1.51. The Morgan fingerprint density at radius 2 is 1.77 bits per heavy atom. The average molecular weight is 381 g/mol. The van der Waals surface area contributed by atoms with Gasteiger partial charge >= 0.3 is 12.3 Å². The number of carbonyl (C=O) groups is 2. The molecule has 0 atom stereocenters. The smallest absolute Gasteiger partial charge is 0.410 e. The molecular formula is C17H30F3N3O3. The van der Waals surface area contributed by atoms with Crippen molar-refractivity contribution in [1.29, 1.82) is 0 Å². The number of carbonyl (C=O) groups excluding carboxylic acids is 2. The second-order valence-corrected chi connectivity index (χ2v) is 7.74. The highest BCUT2D eigenvalue weighted by atomic mass is 19.4. The zero-order valence-corrected chi connectivity index (χ0v) is 16.0. The van der Waals surface area contributed by atoms with Crippen LogP contribution >= 0.6 is 0 Å². The first-order chi connectivity index (χ1) is 11.9. The number of rotatable bonds is 6. The lowest BCUT2D eigenvalue weighted by Crippen LogP contribution is -2.45. The lowest BCUT2D eigenvalue weighted by Gasteiger charge is -2.33. The summed E-state index contributed by atoms with van der Waals surface area (Å²) < 4.78 is 42.0. The summed E-state index contributed by atoms with van der Waals surface area (Å²) in [5, 5.41) is 2.77. The van der Waals surface area contributed by atoms with Gasteiger partial charge in [0, 0.05) is 25.6 Å². The third-order valence-electron chi connectivity index (χ3n) is 3.98. The van der Waals surface area contributed by atoms with Crippen LogP contribution in [0.2, 0.25) is 0 Å². The van der Waals surface area contributed by atoms with E-state index in [9.17, 15) is 22.8 Å². The molecule has 0 unspecified atom stereocenters. The van der Waals surface area contributed by atoms with E-state index in [2.05, 4.69) is 5.32 Å². The molecule has 9 heteroatoms. The van der Waals surface area contributed by atoms with Crippen LogP contribution in [0.4, 0.5) is 18.0 Å². The molecular weight excluding hydrogens is 351 g/mol. The molecule has 1 aliphatic heterocycles. The van der Waals surface area contributed by atoms with Crippen molar-refractivity contribution in [3.05, 3.63) is 0 Å². The van der Waals surface area contributed by atoms with Gasteiger partial charge in [-0.25, -0.2) is 4.79 Å². The van der Waals surface area contributed by atoms with Gasteiger partial charge in [0.2, 0.25) is 5.91 Å². The van der Waals surface area contributed by atoms with Crippen molar-refractivity contribution in [2.24, 2.45) is 5.92 Å². The van der Waals surface area contributed by atoms with Crippen molar-refractivity contribution in [2.45, 2.75) is 51.8 Å². The van der Waals surface area contributed by atoms with Gasteiger partial charge in [-0.1, -0.05) is 0 Å². The molecule has 0 spiro atoms. The molecule has 0 radical (unpaired) electrons. The lowest BCUT2D eigenvalue weighted by atomic mass is 9.96. The molecule has 26 heavy (non-hydrogen) atoms. The van der Waals surface area contributed by atoms with E-state index in [1.165, 1.54) is 11.9 Å². The number of nitrogens with one attached hydrogen (secondary N) is 1. The first kappa shape index (κ1) is 22.5. The summed E-state index contributed by atoms with van der Waals surface area (Å²) in [5.74, 6) is -0.283. The molecule has 0 aromatic heterocycles. The number of nitrogens with zero attached hydrogens (tertiary/aromatic N) is 2. The van der Waals surface area contributed by atoms with Gasteiger partial charge in [-0.05, 0) is 53.6 Å². The highest BCUT2D eigenvalue weighted by molar-refractivity contribution is 5.79. The second kappa shape index (κ2) is 9.43. The maximum Gasteiger partial charge on any atom is 0.410 e. The highest BCUT2D eigenvalue weighted by Crippen LogP contribution is 2.20. The van der Waals surface area contributed by atoms with Gasteiger partial charge < -0.3 is 15.0 Å². The monoisotopic (exact) mass is 381 g/mol. The van der Waals surface area contributed by atoms with Gasteiger partial charge in [-0.15, -0.1) is 0 Å². The SMILES string of the molecule is CN(CCCNC(=O)C1CCN(C(=O)OC(C)(C)C)CC1)CC(F)(F)F. The third-order valence-corrected chi connectivity index (χ3v) is 3.98. The number of hydrogen-bond donors (Lipinski definition) is 1. The molecule has 1 heterocycles. The number of piperidine rings is 1. The van der Waals surface area contributed by atoms with Crippen LogP contribution in [0.25, 0.3) is 0 Å². The molecule has 1 aliphatic rings. The minimum atomic E-state index is -4.21. The van der Waals surface area contributed by atoms with Gasteiger partial charge in [0.25, 0.3) is 0 Å². The summed E-state index contributed by atoms with van der Waals surface area (Å²) in [5.41, 5.74) is -0.551.